The molecule has 3 nitrogen and oxygen atoms in total. The summed E-state index contributed by atoms with van der Waals surface area (Å²) in [6.45, 7) is 9.74. The lowest BCUT2D eigenvalue weighted by Crippen LogP contribution is -2.55. The van der Waals surface area contributed by atoms with Crippen molar-refractivity contribution in [2.24, 2.45) is 22.7 Å². The second-order valence-corrected chi connectivity index (χ2v) is 9.92. The van der Waals surface area contributed by atoms with E-state index in [-0.39, 0.29) is 16.7 Å². The van der Waals surface area contributed by atoms with Gasteiger partial charge in [0.2, 0.25) is 5.91 Å². The SMILES string of the molecule is C=C1CC[C@@H]2[C@](C)(CCC[C@]2(C)C(=O)NCc2ccccc2)[C@H]1CCc1ccoc1. The highest BCUT2D eigenvalue weighted by atomic mass is 16.3. The summed E-state index contributed by atoms with van der Waals surface area (Å²) in [6, 6.07) is 12.3. The topological polar surface area (TPSA) is 42.2 Å². The van der Waals surface area contributed by atoms with Gasteiger partial charge in [0.25, 0.3) is 0 Å². The van der Waals surface area contributed by atoms with Gasteiger partial charge in [-0.2, -0.15) is 0 Å². The number of benzene rings is 1. The van der Waals surface area contributed by atoms with Gasteiger partial charge in [-0.15, -0.1) is 0 Å². The van der Waals surface area contributed by atoms with Crippen LogP contribution in [0.1, 0.15) is 63.5 Å². The molecule has 0 bridgehead atoms. The van der Waals surface area contributed by atoms with Gasteiger partial charge in [-0.05, 0) is 73.0 Å². The van der Waals surface area contributed by atoms with Crippen molar-refractivity contribution in [1.82, 2.24) is 5.32 Å². The maximum atomic E-state index is 13.5. The monoisotopic (exact) mass is 405 g/mol. The zero-order chi connectivity index (χ0) is 21.2. The fraction of sp³-hybridized carbons (Fsp3) is 0.519. The second kappa shape index (κ2) is 8.45. The molecule has 160 valence electrons. The molecule has 1 heterocycles. The number of hydrogen-bond acceptors (Lipinski definition) is 2. The summed E-state index contributed by atoms with van der Waals surface area (Å²) in [7, 11) is 0. The van der Waals surface area contributed by atoms with E-state index in [0.29, 0.717) is 18.4 Å². The van der Waals surface area contributed by atoms with Crippen LogP contribution in [-0.2, 0) is 17.8 Å². The fourth-order valence-electron chi connectivity index (χ4n) is 6.48. The molecule has 1 aromatic heterocycles. The molecule has 1 N–H and O–H groups in total. The molecule has 0 spiro atoms. The lowest BCUT2D eigenvalue weighted by Gasteiger charge is -2.58. The molecule has 2 aliphatic carbocycles. The van der Waals surface area contributed by atoms with Crippen LogP contribution in [0, 0.1) is 22.7 Å². The number of amides is 1. The number of hydrogen-bond donors (Lipinski definition) is 1. The van der Waals surface area contributed by atoms with Crippen molar-refractivity contribution >= 4 is 5.91 Å². The van der Waals surface area contributed by atoms with Crippen LogP contribution < -0.4 is 5.32 Å². The Morgan fingerprint density at radius 3 is 2.70 bits per heavy atom. The van der Waals surface area contributed by atoms with E-state index in [1.165, 1.54) is 17.6 Å². The van der Waals surface area contributed by atoms with Crippen LogP contribution in [-0.4, -0.2) is 5.91 Å². The standard InChI is InChI=1S/C27H35NO2/c1-20-10-13-24-26(2,23(20)12-11-22-14-17-30-19-22)15-7-16-27(24,3)25(29)28-18-21-8-5-4-6-9-21/h4-6,8-9,14,17,19,23-24H,1,7,10-13,15-16,18H2,2-3H3,(H,28,29)/t23-,24+,26+,27-/m0/s1. The molecule has 30 heavy (non-hydrogen) atoms. The van der Waals surface area contributed by atoms with E-state index in [2.05, 4.69) is 43.9 Å². The molecular formula is C27H35NO2. The first-order valence-electron chi connectivity index (χ1n) is 11.4. The van der Waals surface area contributed by atoms with Gasteiger partial charge in [-0.3, -0.25) is 4.79 Å². The van der Waals surface area contributed by atoms with Crippen LogP contribution >= 0.6 is 0 Å². The number of carbonyl (C=O) groups is 1. The average Bonchev–Trinajstić information content (AvgIpc) is 3.25. The van der Waals surface area contributed by atoms with Crippen molar-refractivity contribution < 1.29 is 9.21 Å². The van der Waals surface area contributed by atoms with E-state index in [0.717, 1.165) is 44.1 Å². The van der Waals surface area contributed by atoms with Crippen LogP contribution in [0.5, 0.6) is 0 Å². The quantitative estimate of drug-likeness (QED) is 0.572. The lowest BCUT2D eigenvalue weighted by molar-refractivity contribution is -0.146. The van der Waals surface area contributed by atoms with Gasteiger partial charge in [0.05, 0.1) is 12.5 Å². The molecule has 0 aliphatic heterocycles. The lowest BCUT2D eigenvalue weighted by atomic mass is 9.46. The Morgan fingerprint density at radius 1 is 1.17 bits per heavy atom. The molecule has 0 saturated heterocycles. The molecule has 4 rings (SSSR count). The first kappa shape index (κ1) is 21.0. The Bertz CT molecular complexity index is 872. The smallest absolute Gasteiger partial charge is 0.226 e. The van der Waals surface area contributed by atoms with Crippen molar-refractivity contribution in [3.8, 4) is 0 Å². The predicted octanol–water partition coefficient (Wildman–Crippen LogP) is 6.31. The van der Waals surface area contributed by atoms with E-state index in [1.54, 1.807) is 6.26 Å². The molecule has 2 aromatic rings. The summed E-state index contributed by atoms with van der Waals surface area (Å²) in [6.07, 6.45) is 11.1. The maximum Gasteiger partial charge on any atom is 0.226 e. The number of furan rings is 1. The van der Waals surface area contributed by atoms with Crippen LogP contribution in [0.4, 0.5) is 0 Å². The van der Waals surface area contributed by atoms with Crippen molar-refractivity contribution in [3.05, 3.63) is 72.2 Å². The molecule has 0 unspecified atom stereocenters. The highest BCUT2D eigenvalue weighted by molar-refractivity contribution is 5.83. The van der Waals surface area contributed by atoms with Crippen molar-refractivity contribution in [2.75, 3.05) is 0 Å². The second-order valence-electron chi connectivity index (χ2n) is 9.92. The molecule has 2 saturated carbocycles. The Morgan fingerprint density at radius 2 is 1.97 bits per heavy atom. The summed E-state index contributed by atoms with van der Waals surface area (Å²) in [5, 5.41) is 3.27. The Hall–Kier alpha value is -2.29. The minimum atomic E-state index is -0.309. The van der Waals surface area contributed by atoms with Crippen molar-refractivity contribution in [3.63, 3.8) is 0 Å². The first-order chi connectivity index (χ1) is 14.4. The van der Waals surface area contributed by atoms with Crippen LogP contribution in [0.3, 0.4) is 0 Å². The molecule has 2 fully saturated rings. The fourth-order valence-corrected chi connectivity index (χ4v) is 6.48. The largest absolute Gasteiger partial charge is 0.472 e. The average molecular weight is 406 g/mol. The van der Waals surface area contributed by atoms with E-state index in [9.17, 15) is 4.79 Å². The van der Waals surface area contributed by atoms with E-state index < -0.39 is 0 Å². The molecule has 1 aromatic carbocycles. The summed E-state index contributed by atoms with van der Waals surface area (Å²) in [5.41, 5.74) is 3.62. The first-order valence-corrected chi connectivity index (χ1v) is 11.4. The number of aryl methyl sites for hydroxylation is 1. The minimum Gasteiger partial charge on any atom is -0.472 e. The minimum absolute atomic E-state index is 0.135. The summed E-state index contributed by atoms with van der Waals surface area (Å²) in [5.74, 6) is 1.09. The highest BCUT2D eigenvalue weighted by Crippen LogP contribution is 2.61. The molecule has 4 atom stereocenters. The van der Waals surface area contributed by atoms with Gasteiger partial charge in [-0.1, -0.05) is 62.8 Å². The Kier molecular flexibility index (Phi) is 5.90. The molecule has 3 heteroatoms. The van der Waals surface area contributed by atoms with E-state index >= 15 is 0 Å². The molecule has 0 radical (unpaired) electrons. The van der Waals surface area contributed by atoms with Crippen LogP contribution in [0.15, 0.2) is 65.5 Å². The Balaban J connectivity index is 1.51. The van der Waals surface area contributed by atoms with Gasteiger partial charge >= 0.3 is 0 Å². The highest BCUT2D eigenvalue weighted by Gasteiger charge is 2.56. The predicted molar refractivity (Wildman–Crippen MR) is 121 cm³/mol. The maximum absolute atomic E-state index is 13.5. The third-order valence-electron chi connectivity index (χ3n) is 8.14. The number of allylic oxidation sites excluding steroid dienone is 1. The van der Waals surface area contributed by atoms with Gasteiger partial charge in [0, 0.05) is 12.0 Å². The zero-order valence-corrected chi connectivity index (χ0v) is 18.5. The molecular weight excluding hydrogens is 370 g/mol. The Labute approximate surface area is 180 Å². The third kappa shape index (κ3) is 3.87. The third-order valence-corrected chi connectivity index (χ3v) is 8.14. The van der Waals surface area contributed by atoms with Crippen LogP contribution in [0.25, 0.3) is 0 Å². The molecule has 2 aliphatic rings. The van der Waals surface area contributed by atoms with Gasteiger partial charge in [-0.25, -0.2) is 0 Å². The summed E-state index contributed by atoms with van der Waals surface area (Å²) < 4.78 is 5.27. The van der Waals surface area contributed by atoms with E-state index in [1.807, 2.05) is 24.5 Å². The van der Waals surface area contributed by atoms with Crippen LogP contribution in [0.2, 0.25) is 0 Å². The number of rotatable bonds is 6. The normalized spacial score (nSPS) is 31.2. The van der Waals surface area contributed by atoms with Gasteiger partial charge in [0.15, 0.2) is 0 Å². The zero-order valence-electron chi connectivity index (χ0n) is 18.5. The summed E-state index contributed by atoms with van der Waals surface area (Å²) in [4.78, 5) is 13.5. The summed E-state index contributed by atoms with van der Waals surface area (Å²) >= 11 is 0. The van der Waals surface area contributed by atoms with Crippen molar-refractivity contribution in [1.29, 1.82) is 0 Å². The van der Waals surface area contributed by atoms with E-state index in [4.69, 9.17) is 4.42 Å². The number of fused-ring (bicyclic) bond motifs is 1. The van der Waals surface area contributed by atoms with Gasteiger partial charge in [0.1, 0.15) is 0 Å². The van der Waals surface area contributed by atoms with Gasteiger partial charge < -0.3 is 9.73 Å². The van der Waals surface area contributed by atoms with Crippen molar-refractivity contribution in [2.45, 2.75) is 65.3 Å². The molecule has 1 amide bonds. The number of carbonyl (C=O) groups excluding carboxylic acids is 1. The number of nitrogens with one attached hydrogen (secondary N) is 1.